The fraction of sp³-hybridized carbons (Fsp3) is 0.643. The maximum atomic E-state index is 14.0. The molecule has 0 unspecified atom stereocenters. The van der Waals surface area contributed by atoms with Crippen molar-refractivity contribution in [1.29, 1.82) is 0 Å². The van der Waals surface area contributed by atoms with E-state index in [1.807, 2.05) is 36.1 Å². The Balaban J connectivity index is 1.32. The highest BCUT2D eigenvalue weighted by molar-refractivity contribution is 6.11. The molecule has 1 N–H and O–H groups in total. The molecule has 1 atom stereocenters. The molecule has 4 aliphatic rings. The molecule has 5 rings (SSSR count). The van der Waals surface area contributed by atoms with Crippen LogP contribution < -0.4 is 5.32 Å². The van der Waals surface area contributed by atoms with Gasteiger partial charge in [0.1, 0.15) is 0 Å². The van der Waals surface area contributed by atoms with Crippen LogP contribution in [0.4, 0.5) is 0 Å². The van der Waals surface area contributed by atoms with Crippen LogP contribution in [0.5, 0.6) is 0 Å². The van der Waals surface area contributed by atoms with Crippen molar-refractivity contribution in [3.05, 3.63) is 35.4 Å². The number of nitrogens with one attached hydrogen (secondary N) is 1. The average molecular weight is 495 g/mol. The van der Waals surface area contributed by atoms with E-state index in [4.69, 9.17) is 0 Å². The van der Waals surface area contributed by atoms with E-state index in [9.17, 15) is 19.2 Å². The second-order valence-electron chi connectivity index (χ2n) is 11.0. The van der Waals surface area contributed by atoms with Crippen LogP contribution in [0.2, 0.25) is 0 Å². The van der Waals surface area contributed by atoms with Crippen LogP contribution >= 0.6 is 0 Å². The molecule has 8 heteroatoms. The monoisotopic (exact) mass is 494 g/mol. The van der Waals surface area contributed by atoms with Crippen LogP contribution in [0.1, 0.15) is 68.9 Å². The number of nitrogens with zero attached hydrogens (tertiary/aromatic N) is 3. The molecule has 0 bridgehead atoms. The van der Waals surface area contributed by atoms with E-state index in [0.29, 0.717) is 32.1 Å². The minimum absolute atomic E-state index is 0.0308. The summed E-state index contributed by atoms with van der Waals surface area (Å²) in [5, 5.41) is 2.93. The molecule has 0 radical (unpaired) electrons. The lowest BCUT2D eigenvalue weighted by atomic mass is 9.73. The maximum Gasteiger partial charge on any atom is 0.241 e. The van der Waals surface area contributed by atoms with Crippen molar-refractivity contribution < 1.29 is 19.2 Å². The molecule has 36 heavy (non-hydrogen) atoms. The number of aryl methyl sites for hydroxylation is 1. The van der Waals surface area contributed by atoms with E-state index >= 15 is 0 Å². The van der Waals surface area contributed by atoms with Gasteiger partial charge in [-0.2, -0.15) is 0 Å². The minimum Gasteiger partial charge on any atom is -0.355 e. The van der Waals surface area contributed by atoms with Crippen molar-refractivity contribution in [2.45, 2.75) is 82.2 Å². The minimum atomic E-state index is -1.12. The van der Waals surface area contributed by atoms with E-state index in [-0.39, 0.29) is 42.5 Å². The average Bonchev–Trinajstić information content (AvgIpc) is 3.40. The molecular formula is C28H38N4O4. The molecular weight excluding hydrogens is 456 g/mol. The van der Waals surface area contributed by atoms with Gasteiger partial charge in [-0.3, -0.25) is 29.0 Å². The summed E-state index contributed by atoms with van der Waals surface area (Å²) < 4.78 is 0. The summed E-state index contributed by atoms with van der Waals surface area (Å²) in [4.78, 5) is 58.4. The van der Waals surface area contributed by atoms with Gasteiger partial charge in [0.15, 0.2) is 0 Å². The third-order valence-corrected chi connectivity index (χ3v) is 8.83. The highest BCUT2D eigenvalue weighted by Gasteiger charge is 2.56. The van der Waals surface area contributed by atoms with Gasteiger partial charge in [0.25, 0.3) is 0 Å². The number of benzene rings is 1. The van der Waals surface area contributed by atoms with Gasteiger partial charge in [0.05, 0.1) is 5.41 Å². The van der Waals surface area contributed by atoms with Crippen molar-refractivity contribution in [2.75, 3.05) is 32.7 Å². The van der Waals surface area contributed by atoms with Gasteiger partial charge in [-0.1, -0.05) is 37.1 Å². The number of likely N-dealkylation sites (tertiary alicyclic amines) is 2. The van der Waals surface area contributed by atoms with Gasteiger partial charge in [-0.05, 0) is 43.7 Å². The first-order valence-electron chi connectivity index (χ1n) is 13.6. The third kappa shape index (κ3) is 4.67. The third-order valence-electron chi connectivity index (χ3n) is 8.83. The van der Waals surface area contributed by atoms with Crippen LogP contribution in [0.3, 0.4) is 0 Å². The molecule has 3 heterocycles. The second-order valence-corrected chi connectivity index (χ2v) is 11.0. The van der Waals surface area contributed by atoms with Gasteiger partial charge in [0.2, 0.25) is 23.6 Å². The maximum absolute atomic E-state index is 14.0. The Labute approximate surface area is 213 Å². The lowest BCUT2D eigenvalue weighted by Gasteiger charge is -2.39. The molecule has 0 aromatic heterocycles. The van der Waals surface area contributed by atoms with Gasteiger partial charge in [-0.15, -0.1) is 0 Å². The first-order chi connectivity index (χ1) is 17.4. The molecule has 3 saturated heterocycles. The smallest absolute Gasteiger partial charge is 0.241 e. The Morgan fingerprint density at radius 2 is 1.69 bits per heavy atom. The van der Waals surface area contributed by atoms with E-state index in [1.165, 1.54) is 4.90 Å². The van der Waals surface area contributed by atoms with Gasteiger partial charge in [0, 0.05) is 64.1 Å². The molecule has 1 aromatic rings. The molecule has 194 valence electrons. The van der Waals surface area contributed by atoms with Crippen LogP contribution in [0.15, 0.2) is 24.3 Å². The molecule has 4 fully saturated rings. The fourth-order valence-corrected chi connectivity index (χ4v) is 6.85. The Hall–Kier alpha value is -2.74. The number of imide groups is 1. The van der Waals surface area contributed by atoms with Gasteiger partial charge >= 0.3 is 0 Å². The summed E-state index contributed by atoms with van der Waals surface area (Å²) in [5.41, 5.74) is 0.645. The largest absolute Gasteiger partial charge is 0.355 e. The standard InChI is InChI=1S/C28H38N4O4/c1-20-6-2-5-9-23(20)28(19-26(35)32(27(28)36)22-7-3-4-8-22)18-25(34)31-14-10-21(11-15-31)30-16-12-24(33)29-13-17-30/h2,5-6,9,21-22H,3-4,7-8,10-19H2,1H3,(H,29,33)/t28-/m1/s1. The molecule has 4 amide bonds. The van der Waals surface area contributed by atoms with Gasteiger partial charge in [-0.25, -0.2) is 0 Å². The number of hydrogen-bond donors (Lipinski definition) is 1. The number of rotatable bonds is 5. The fourth-order valence-electron chi connectivity index (χ4n) is 6.85. The zero-order valence-corrected chi connectivity index (χ0v) is 21.3. The number of hydrogen-bond acceptors (Lipinski definition) is 5. The number of carbonyl (C=O) groups excluding carboxylic acids is 4. The van der Waals surface area contributed by atoms with Crippen molar-refractivity contribution >= 4 is 23.6 Å². The van der Waals surface area contributed by atoms with Crippen molar-refractivity contribution in [3.8, 4) is 0 Å². The lowest BCUT2D eigenvalue weighted by molar-refractivity contribution is -0.145. The highest BCUT2D eigenvalue weighted by atomic mass is 16.2. The normalized spacial score (nSPS) is 27.0. The molecule has 1 aromatic carbocycles. The van der Waals surface area contributed by atoms with E-state index in [1.54, 1.807) is 0 Å². The highest BCUT2D eigenvalue weighted by Crippen LogP contribution is 2.44. The van der Waals surface area contributed by atoms with E-state index < -0.39 is 5.41 Å². The van der Waals surface area contributed by atoms with Gasteiger partial charge < -0.3 is 10.2 Å². The predicted octanol–water partition coefficient (Wildman–Crippen LogP) is 2.14. The Kier molecular flexibility index (Phi) is 7.15. The second kappa shape index (κ2) is 10.3. The summed E-state index contributed by atoms with van der Waals surface area (Å²) in [6, 6.07) is 8.05. The summed E-state index contributed by atoms with van der Waals surface area (Å²) in [6.07, 6.45) is 6.15. The molecule has 1 saturated carbocycles. The van der Waals surface area contributed by atoms with Crippen LogP contribution in [0, 0.1) is 6.92 Å². The number of piperidine rings is 1. The van der Waals surface area contributed by atoms with Crippen LogP contribution in [-0.4, -0.2) is 83.1 Å². The molecule has 1 aliphatic carbocycles. The Morgan fingerprint density at radius 1 is 0.972 bits per heavy atom. The first-order valence-corrected chi connectivity index (χ1v) is 13.6. The summed E-state index contributed by atoms with van der Waals surface area (Å²) in [5.74, 6) is -0.252. The molecule has 8 nitrogen and oxygen atoms in total. The molecule has 0 spiro atoms. The Morgan fingerprint density at radius 3 is 2.42 bits per heavy atom. The van der Waals surface area contributed by atoms with E-state index in [2.05, 4.69) is 10.2 Å². The Bertz CT molecular complexity index is 1030. The zero-order valence-electron chi connectivity index (χ0n) is 21.3. The topological polar surface area (TPSA) is 90.0 Å². The van der Waals surface area contributed by atoms with E-state index in [0.717, 1.165) is 62.7 Å². The lowest BCUT2D eigenvalue weighted by Crippen LogP contribution is -2.50. The molecule has 3 aliphatic heterocycles. The summed E-state index contributed by atoms with van der Waals surface area (Å²) in [6.45, 7) is 5.51. The first kappa shape index (κ1) is 24.9. The number of carbonyl (C=O) groups is 4. The summed E-state index contributed by atoms with van der Waals surface area (Å²) >= 11 is 0. The SMILES string of the molecule is Cc1ccccc1[C@@]1(CC(=O)N2CCC(N3CCNC(=O)CC3)CC2)CC(=O)N(C2CCCC2)C1=O. The van der Waals surface area contributed by atoms with Crippen molar-refractivity contribution in [3.63, 3.8) is 0 Å². The van der Waals surface area contributed by atoms with Crippen LogP contribution in [-0.2, 0) is 24.6 Å². The quantitative estimate of drug-likeness (QED) is 0.634. The van der Waals surface area contributed by atoms with Crippen LogP contribution in [0.25, 0.3) is 0 Å². The predicted molar refractivity (Wildman–Crippen MR) is 135 cm³/mol. The zero-order chi connectivity index (χ0) is 25.3. The number of amides is 4. The van der Waals surface area contributed by atoms with Crippen molar-refractivity contribution in [2.24, 2.45) is 0 Å². The summed E-state index contributed by atoms with van der Waals surface area (Å²) in [7, 11) is 0. The van der Waals surface area contributed by atoms with Crippen molar-refractivity contribution in [1.82, 2.24) is 20.0 Å².